The molecule has 1 aliphatic heterocycles. The zero-order valence-electron chi connectivity index (χ0n) is 9.73. The average molecular weight is 257 g/mol. The van der Waals surface area contributed by atoms with Crippen molar-refractivity contribution in [3.05, 3.63) is 29.8 Å². The average Bonchev–Trinajstić information content (AvgIpc) is 2.30. The molecule has 5 heteroatoms. The molecule has 0 aliphatic carbocycles. The van der Waals surface area contributed by atoms with Crippen LogP contribution >= 0.6 is 12.4 Å². The van der Waals surface area contributed by atoms with Crippen molar-refractivity contribution in [1.82, 2.24) is 5.32 Å². The summed E-state index contributed by atoms with van der Waals surface area (Å²) in [6, 6.07) is 7.38. The monoisotopic (exact) mass is 256 g/mol. The first-order valence-electron chi connectivity index (χ1n) is 5.38. The van der Waals surface area contributed by atoms with Gasteiger partial charge in [-0.2, -0.15) is 0 Å². The van der Waals surface area contributed by atoms with Crippen molar-refractivity contribution in [1.29, 1.82) is 0 Å². The lowest BCUT2D eigenvalue weighted by molar-refractivity contribution is 0.0474. The molecule has 17 heavy (non-hydrogen) atoms. The Morgan fingerprint density at radius 1 is 1.41 bits per heavy atom. The van der Waals surface area contributed by atoms with Crippen molar-refractivity contribution < 1.29 is 9.53 Å². The Hall–Kier alpha value is -1.10. The Labute approximate surface area is 107 Å². The molecular formula is C12H17ClN2O2. The van der Waals surface area contributed by atoms with Gasteiger partial charge in [0.2, 0.25) is 0 Å². The summed E-state index contributed by atoms with van der Waals surface area (Å²) >= 11 is 0. The Morgan fingerprint density at radius 2 is 2.12 bits per heavy atom. The first kappa shape index (κ1) is 14.0. The van der Waals surface area contributed by atoms with Gasteiger partial charge in [0.1, 0.15) is 11.9 Å². The number of aldehydes is 1. The van der Waals surface area contributed by atoms with Gasteiger partial charge in [-0.3, -0.25) is 10.1 Å². The van der Waals surface area contributed by atoms with Gasteiger partial charge < -0.3 is 10.1 Å². The molecule has 1 atom stereocenters. The second kappa shape index (κ2) is 6.00. The molecule has 0 aromatic heterocycles. The highest BCUT2D eigenvalue weighted by Gasteiger charge is 2.26. The molecule has 1 aliphatic rings. The van der Waals surface area contributed by atoms with E-state index in [1.165, 1.54) is 0 Å². The van der Waals surface area contributed by atoms with E-state index in [2.05, 4.69) is 17.6 Å². The number of morpholine rings is 1. The SMILES string of the molecule is C[C@]1(Nc2ccc(C=O)cc2)COCCN1.Cl. The summed E-state index contributed by atoms with van der Waals surface area (Å²) in [6.45, 7) is 4.28. The molecule has 2 N–H and O–H groups in total. The first-order valence-corrected chi connectivity index (χ1v) is 5.38. The lowest BCUT2D eigenvalue weighted by atomic mass is 10.1. The highest BCUT2D eigenvalue weighted by Crippen LogP contribution is 2.15. The highest BCUT2D eigenvalue weighted by atomic mass is 35.5. The van der Waals surface area contributed by atoms with E-state index in [4.69, 9.17) is 4.74 Å². The summed E-state index contributed by atoms with van der Waals surface area (Å²) < 4.78 is 5.42. The van der Waals surface area contributed by atoms with Gasteiger partial charge in [0.05, 0.1) is 13.2 Å². The lowest BCUT2D eigenvalue weighted by Crippen LogP contribution is -2.57. The second-order valence-electron chi connectivity index (χ2n) is 4.18. The van der Waals surface area contributed by atoms with Gasteiger partial charge >= 0.3 is 0 Å². The number of rotatable bonds is 3. The van der Waals surface area contributed by atoms with Crippen molar-refractivity contribution in [2.45, 2.75) is 12.6 Å². The van der Waals surface area contributed by atoms with Gasteiger partial charge in [-0.25, -0.2) is 0 Å². The molecule has 1 aromatic carbocycles. The molecule has 0 bridgehead atoms. The van der Waals surface area contributed by atoms with E-state index in [0.717, 1.165) is 25.1 Å². The largest absolute Gasteiger partial charge is 0.376 e. The number of anilines is 1. The molecule has 0 unspecified atom stereocenters. The maximum Gasteiger partial charge on any atom is 0.150 e. The van der Waals surface area contributed by atoms with E-state index in [1.54, 1.807) is 12.1 Å². The van der Waals surface area contributed by atoms with Gasteiger partial charge in [0, 0.05) is 17.8 Å². The molecule has 0 amide bonds. The van der Waals surface area contributed by atoms with E-state index in [9.17, 15) is 4.79 Å². The normalized spacial score (nSPS) is 23.6. The van der Waals surface area contributed by atoms with E-state index < -0.39 is 0 Å². The smallest absolute Gasteiger partial charge is 0.150 e. The summed E-state index contributed by atoms with van der Waals surface area (Å²) in [6.07, 6.45) is 0.841. The fourth-order valence-electron chi connectivity index (χ4n) is 1.77. The van der Waals surface area contributed by atoms with Crippen LogP contribution < -0.4 is 10.6 Å². The lowest BCUT2D eigenvalue weighted by Gasteiger charge is -2.36. The maximum atomic E-state index is 10.5. The van der Waals surface area contributed by atoms with Gasteiger partial charge in [-0.05, 0) is 31.2 Å². The summed E-state index contributed by atoms with van der Waals surface area (Å²) in [4.78, 5) is 10.5. The van der Waals surface area contributed by atoms with E-state index in [1.807, 2.05) is 12.1 Å². The number of ether oxygens (including phenoxy) is 1. The van der Waals surface area contributed by atoms with Crippen LogP contribution in [-0.2, 0) is 4.74 Å². The van der Waals surface area contributed by atoms with Crippen molar-refractivity contribution in [2.24, 2.45) is 0 Å². The van der Waals surface area contributed by atoms with Crippen LogP contribution in [0.1, 0.15) is 17.3 Å². The van der Waals surface area contributed by atoms with E-state index in [-0.39, 0.29) is 18.1 Å². The van der Waals surface area contributed by atoms with Crippen molar-refractivity contribution in [2.75, 3.05) is 25.1 Å². The molecule has 2 rings (SSSR count). The fourth-order valence-corrected chi connectivity index (χ4v) is 1.77. The molecule has 0 saturated carbocycles. The van der Waals surface area contributed by atoms with Gasteiger partial charge in [0.25, 0.3) is 0 Å². The van der Waals surface area contributed by atoms with Crippen molar-refractivity contribution in [3.8, 4) is 0 Å². The highest BCUT2D eigenvalue weighted by molar-refractivity contribution is 5.85. The second-order valence-corrected chi connectivity index (χ2v) is 4.18. The van der Waals surface area contributed by atoms with E-state index in [0.29, 0.717) is 12.2 Å². The quantitative estimate of drug-likeness (QED) is 0.808. The molecular weight excluding hydrogens is 240 g/mol. The van der Waals surface area contributed by atoms with Crippen LogP contribution in [0.5, 0.6) is 0 Å². The summed E-state index contributed by atoms with van der Waals surface area (Å²) in [7, 11) is 0. The predicted octanol–water partition coefficient (Wildman–Crippen LogP) is 1.67. The Bertz CT molecular complexity index is 361. The zero-order chi connectivity index (χ0) is 11.4. The number of carbonyl (C=O) groups is 1. The van der Waals surface area contributed by atoms with Crippen LogP contribution in [-0.4, -0.2) is 31.7 Å². The number of carbonyl (C=O) groups excluding carboxylic acids is 1. The van der Waals surface area contributed by atoms with Gasteiger partial charge in [-0.1, -0.05) is 0 Å². The van der Waals surface area contributed by atoms with Crippen LogP contribution in [0.15, 0.2) is 24.3 Å². The van der Waals surface area contributed by atoms with Crippen LogP contribution in [0.2, 0.25) is 0 Å². The molecule has 1 aromatic rings. The topological polar surface area (TPSA) is 50.4 Å². The predicted molar refractivity (Wildman–Crippen MR) is 69.9 cm³/mol. The Morgan fingerprint density at radius 3 is 2.65 bits per heavy atom. The summed E-state index contributed by atoms with van der Waals surface area (Å²) in [5.41, 5.74) is 1.43. The number of benzene rings is 1. The molecule has 94 valence electrons. The third-order valence-electron chi connectivity index (χ3n) is 2.62. The zero-order valence-corrected chi connectivity index (χ0v) is 10.5. The van der Waals surface area contributed by atoms with Gasteiger partial charge in [0.15, 0.2) is 0 Å². The third kappa shape index (κ3) is 3.70. The minimum Gasteiger partial charge on any atom is -0.376 e. The molecule has 1 saturated heterocycles. The molecule has 0 spiro atoms. The third-order valence-corrected chi connectivity index (χ3v) is 2.62. The van der Waals surface area contributed by atoms with Crippen LogP contribution in [0.4, 0.5) is 5.69 Å². The van der Waals surface area contributed by atoms with Crippen LogP contribution in [0.25, 0.3) is 0 Å². The van der Waals surface area contributed by atoms with Crippen LogP contribution in [0.3, 0.4) is 0 Å². The fraction of sp³-hybridized carbons (Fsp3) is 0.417. The Kier molecular flexibility index (Phi) is 4.93. The first-order chi connectivity index (χ1) is 7.72. The molecule has 4 nitrogen and oxygen atoms in total. The van der Waals surface area contributed by atoms with E-state index >= 15 is 0 Å². The summed E-state index contributed by atoms with van der Waals surface area (Å²) in [5, 5.41) is 6.72. The van der Waals surface area contributed by atoms with Crippen molar-refractivity contribution in [3.63, 3.8) is 0 Å². The number of halogens is 1. The molecule has 1 heterocycles. The number of nitrogens with one attached hydrogen (secondary N) is 2. The molecule has 0 radical (unpaired) electrons. The minimum absolute atomic E-state index is 0. The minimum atomic E-state index is -0.235. The maximum absolute atomic E-state index is 10.5. The number of hydrogen-bond acceptors (Lipinski definition) is 4. The van der Waals surface area contributed by atoms with Crippen molar-refractivity contribution >= 4 is 24.4 Å². The van der Waals surface area contributed by atoms with Gasteiger partial charge in [-0.15, -0.1) is 12.4 Å². The number of hydrogen-bond donors (Lipinski definition) is 2. The van der Waals surface area contributed by atoms with Crippen LogP contribution in [0, 0.1) is 0 Å². The summed E-state index contributed by atoms with van der Waals surface area (Å²) in [5.74, 6) is 0. The standard InChI is InChI=1S/C12H16N2O2.ClH/c1-12(9-16-7-6-13-12)14-11-4-2-10(8-15)3-5-11;/h2-5,8,13-14H,6-7,9H2,1H3;1H/t12-;/m0./s1. The molecule has 1 fully saturated rings. The Balaban J connectivity index is 0.00000144.